The van der Waals surface area contributed by atoms with E-state index >= 15 is 0 Å². The highest BCUT2D eigenvalue weighted by atomic mass is 32.1. The Morgan fingerprint density at radius 1 is 1.73 bits per heavy atom. The first-order valence-electron chi connectivity index (χ1n) is 3.30. The number of anilines is 1. The molecular formula is C8H10N2S. The molecule has 0 saturated heterocycles. The third kappa shape index (κ3) is 2.26. The Balaban J connectivity index is 2.40. The molecule has 58 valence electrons. The van der Waals surface area contributed by atoms with Crippen LogP contribution in [-0.2, 0) is 6.54 Å². The minimum absolute atomic E-state index is 0.595. The molecule has 0 bridgehead atoms. The second kappa shape index (κ2) is 4.02. The van der Waals surface area contributed by atoms with Gasteiger partial charge in [0.15, 0.2) is 0 Å². The van der Waals surface area contributed by atoms with Crippen LogP contribution in [0.4, 0.5) is 5.69 Å². The van der Waals surface area contributed by atoms with E-state index in [1.165, 1.54) is 0 Å². The normalized spacial score (nSPS) is 9.36. The summed E-state index contributed by atoms with van der Waals surface area (Å²) in [6.07, 6.45) is 5.07. The lowest BCUT2D eigenvalue weighted by atomic mass is 10.4. The number of thiophene rings is 1. The average Bonchev–Trinajstić information content (AvgIpc) is 2.37. The van der Waals surface area contributed by atoms with Gasteiger partial charge in [-0.3, -0.25) is 0 Å². The summed E-state index contributed by atoms with van der Waals surface area (Å²) in [6.45, 7) is 1.37. The van der Waals surface area contributed by atoms with Gasteiger partial charge in [0.2, 0.25) is 0 Å². The zero-order chi connectivity index (χ0) is 8.10. The summed E-state index contributed by atoms with van der Waals surface area (Å²) in [4.78, 5) is 1.15. The van der Waals surface area contributed by atoms with Crippen molar-refractivity contribution < 1.29 is 0 Å². The zero-order valence-corrected chi connectivity index (χ0v) is 6.95. The van der Waals surface area contributed by atoms with E-state index in [0.29, 0.717) is 6.54 Å². The molecule has 0 amide bonds. The van der Waals surface area contributed by atoms with Crippen LogP contribution < -0.4 is 11.1 Å². The highest BCUT2D eigenvalue weighted by Crippen LogP contribution is 2.17. The number of nitrogens with two attached hydrogens (primary N) is 1. The summed E-state index contributed by atoms with van der Waals surface area (Å²) in [5.41, 5.74) is 6.49. The van der Waals surface area contributed by atoms with Crippen molar-refractivity contribution in [1.82, 2.24) is 5.32 Å². The van der Waals surface area contributed by atoms with E-state index in [-0.39, 0.29) is 0 Å². The first-order chi connectivity index (χ1) is 5.34. The van der Waals surface area contributed by atoms with Gasteiger partial charge in [0, 0.05) is 17.1 Å². The second-order valence-electron chi connectivity index (χ2n) is 2.11. The number of rotatable bonds is 3. The lowest BCUT2D eigenvalue weighted by Crippen LogP contribution is -2.12. The Morgan fingerprint density at radius 2 is 2.55 bits per heavy atom. The van der Waals surface area contributed by atoms with Crippen LogP contribution in [0.1, 0.15) is 4.88 Å². The van der Waals surface area contributed by atoms with E-state index in [9.17, 15) is 0 Å². The highest BCUT2D eigenvalue weighted by Gasteiger charge is 1.97. The largest absolute Gasteiger partial charge is 0.398 e. The molecule has 1 heterocycles. The fourth-order valence-corrected chi connectivity index (χ4v) is 1.51. The van der Waals surface area contributed by atoms with Crippen LogP contribution in [0.3, 0.4) is 0 Å². The van der Waals surface area contributed by atoms with E-state index < -0.39 is 0 Å². The highest BCUT2D eigenvalue weighted by molar-refractivity contribution is 7.10. The zero-order valence-electron chi connectivity index (χ0n) is 6.13. The molecule has 0 fully saturated rings. The van der Waals surface area contributed by atoms with Gasteiger partial charge in [-0.05, 0) is 11.4 Å². The van der Waals surface area contributed by atoms with Gasteiger partial charge in [-0.2, -0.15) is 0 Å². The Hall–Kier alpha value is -0.980. The molecule has 11 heavy (non-hydrogen) atoms. The summed E-state index contributed by atoms with van der Waals surface area (Å²) in [7, 11) is 0. The molecule has 0 atom stereocenters. The van der Waals surface area contributed by atoms with E-state index in [2.05, 4.69) is 11.2 Å². The maximum Gasteiger partial charge on any atom is 0.0576 e. The van der Waals surface area contributed by atoms with Crippen LogP contribution >= 0.6 is 11.3 Å². The summed E-state index contributed by atoms with van der Waals surface area (Å²) >= 11 is 1.64. The third-order valence-corrected chi connectivity index (χ3v) is 2.23. The topological polar surface area (TPSA) is 38.0 Å². The first kappa shape index (κ1) is 8.12. The number of nitrogens with one attached hydrogen (secondary N) is 1. The molecule has 0 aliphatic rings. The third-order valence-electron chi connectivity index (χ3n) is 1.29. The summed E-state index contributed by atoms with van der Waals surface area (Å²) in [5.74, 6) is 2.50. The smallest absolute Gasteiger partial charge is 0.0576 e. The van der Waals surface area contributed by atoms with E-state index in [0.717, 1.165) is 17.1 Å². The van der Waals surface area contributed by atoms with Crippen LogP contribution in [0.25, 0.3) is 0 Å². The minimum Gasteiger partial charge on any atom is -0.398 e. The number of terminal acetylenes is 1. The van der Waals surface area contributed by atoms with E-state index in [1.807, 2.05) is 11.4 Å². The van der Waals surface area contributed by atoms with Crippen LogP contribution in [0.2, 0.25) is 0 Å². The predicted molar refractivity (Wildman–Crippen MR) is 49.3 cm³/mol. The first-order valence-corrected chi connectivity index (χ1v) is 4.18. The Bertz CT molecular complexity index is 259. The fourth-order valence-electron chi connectivity index (χ4n) is 0.742. The molecule has 0 unspecified atom stereocenters. The Morgan fingerprint density at radius 3 is 3.09 bits per heavy atom. The SMILES string of the molecule is C#CCNCc1sccc1N. The van der Waals surface area contributed by atoms with Crippen molar-refractivity contribution in [3.05, 3.63) is 16.3 Å². The Labute approximate surface area is 70.4 Å². The van der Waals surface area contributed by atoms with Crippen LogP contribution in [0.5, 0.6) is 0 Å². The van der Waals surface area contributed by atoms with Gasteiger partial charge in [-0.1, -0.05) is 5.92 Å². The molecule has 1 rings (SSSR count). The van der Waals surface area contributed by atoms with Crippen molar-refractivity contribution in [3.8, 4) is 12.3 Å². The molecule has 0 aliphatic heterocycles. The fraction of sp³-hybridized carbons (Fsp3) is 0.250. The van der Waals surface area contributed by atoms with Crippen molar-refractivity contribution in [2.75, 3.05) is 12.3 Å². The molecule has 2 nitrogen and oxygen atoms in total. The van der Waals surface area contributed by atoms with Gasteiger partial charge in [-0.25, -0.2) is 0 Å². The monoisotopic (exact) mass is 166 g/mol. The second-order valence-corrected chi connectivity index (χ2v) is 3.11. The van der Waals surface area contributed by atoms with Crippen molar-refractivity contribution >= 4 is 17.0 Å². The van der Waals surface area contributed by atoms with Crippen molar-refractivity contribution in [2.24, 2.45) is 0 Å². The molecule has 0 radical (unpaired) electrons. The van der Waals surface area contributed by atoms with Gasteiger partial charge in [0.25, 0.3) is 0 Å². The van der Waals surface area contributed by atoms with Crippen LogP contribution in [-0.4, -0.2) is 6.54 Å². The molecular weight excluding hydrogens is 156 g/mol. The van der Waals surface area contributed by atoms with Crippen LogP contribution in [0.15, 0.2) is 11.4 Å². The molecule has 0 aliphatic carbocycles. The standard InChI is InChI=1S/C8H10N2S/c1-2-4-10-6-8-7(9)3-5-11-8/h1,3,5,10H,4,6,9H2. The van der Waals surface area contributed by atoms with E-state index in [4.69, 9.17) is 12.2 Å². The number of nitrogen functional groups attached to an aromatic ring is 1. The van der Waals surface area contributed by atoms with Gasteiger partial charge in [-0.15, -0.1) is 17.8 Å². The summed E-state index contributed by atoms with van der Waals surface area (Å²) in [5, 5.41) is 5.05. The maximum atomic E-state index is 5.64. The Kier molecular flexibility index (Phi) is 2.96. The van der Waals surface area contributed by atoms with Crippen molar-refractivity contribution in [2.45, 2.75) is 6.54 Å². The molecule has 0 spiro atoms. The molecule has 1 aromatic rings. The molecule has 3 heteroatoms. The van der Waals surface area contributed by atoms with Crippen LogP contribution in [0, 0.1) is 12.3 Å². The average molecular weight is 166 g/mol. The number of hydrogen-bond acceptors (Lipinski definition) is 3. The maximum absolute atomic E-state index is 5.64. The molecule has 0 aromatic carbocycles. The summed E-state index contributed by atoms with van der Waals surface area (Å²) < 4.78 is 0. The minimum atomic E-state index is 0.595. The van der Waals surface area contributed by atoms with Crippen molar-refractivity contribution in [3.63, 3.8) is 0 Å². The molecule has 3 N–H and O–H groups in total. The molecule has 1 aromatic heterocycles. The lowest BCUT2D eigenvalue weighted by Gasteiger charge is -1.97. The quantitative estimate of drug-likeness (QED) is 0.520. The predicted octanol–water partition coefficient (Wildman–Crippen LogP) is 1.05. The number of hydrogen-bond donors (Lipinski definition) is 2. The van der Waals surface area contributed by atoms with E-state index in [1.54, 1.807) is 11.3 Å². The summed E-state index contributed by atoms with van der Waals surface area (Å²) in [6, 6.07) is 1.90. The van der Waals surface area contributed by atoms with Gasteiger partial charge in [0.1, 0.15) is 0 Å². The lowest BCUT2D eigenvalue weighted by molar-refractivity contribution is 0.782. The van der Waals surface area contributed by atoms with Crippen molar-refractivity contribution in [1.29, 1.82) is 0 Å². The van der Waals surface area contributed by atoms with Gasteiger partial charge >= 0.3 is 0 Å². The van der Waals surface area contributed by atoms with Gasteiger partial charge < -0.3 is 11.1 Å². The van der Waals surface area contributed by atoms with Gasteiger partial charge in [0.05, 0.1) is 6.54 Å². The molecule has 0 saturated carbocycles.